The van der Waals surface area contributed by atoms with E-state index in [1.54, 1.807) is 11.1 Å². The molecule has 1 unspecified atom stereocenters. The summed E-state index contributed by atoms with van der Waals surface area (Å²) in [4.78, 5) is 47.6. The molecule has 1 aliphatic rings. The summed E-state index contributed by atoms with van der Waals surface area (Å²) in [6.07, 6.45) is 44.9. The van der Waals surface area contributed by atoms with Crippen LogP contribution in [0.2, 0.25) is 0 Å². The SMILES string of the molecule is C=CN1CCCC1=O.CCCCC/C=C\C/C=C\C/C=C\C/C=C\CCCC(=O)O[C@H](COC(=O)CCCCCCCCCCCCCCC)COP(=O)(O)OCC[N+](C)(C)C. The van der Waals surface area contributed by atoms with E-state index in [1.165, 1.54) is 89.9 Å². The van der Waals surface area contributed by atoms with Gasteiger partial charge in [0.05, 0.1) is 27.7 Å². The van der Waals surface area contributed by atoms with E-state index in [1.807, 2.05) is 27.2 Å². The molecule has 0 radical (unpaired) electrons. The Morgan fingerprint density at radius 1 is 0.694 bits per heavy atom. The Hall–Kier alpha value is -2.82. The van der Waals surface area contributed by atoms with Gasteiger partial charge in [0.25, 0.3) is 0 Å². The van der Waals surface area contributed by atoms with Crippen LogP contribution in [-0.4, -0.2) is 92.3 Å². The summed E-state index contributed by atoms with van der Waals surface area (Å²) in [7, 11) is 1.44. The summed E-state index contributed by atoms with van der Waals surface area (Å²) < 4.78 is 34.2. The highest BCUT2D eigenvalue weighted by Crippen LogP contribution is 2.43. The Morgan fingerprint density at radius 3 is 1.66 bits per heavy atom. The van der Waals surface area contributed by atoms with Gasteiger partial charge in [0.1, 0.15) is 19.8 Å². The van der Waals surface area contributed by atoms with E-state index in [-0.39, 0.29) is 37.9 Å². The average Bonchev–Trinajstić information content (AvgIpc) is 3.66. The van der Waals surface area contributed by atoms with E-state index in [9.17, 15) is 23.8 Å². The molecule has 11 nitrogen and oxygen atoms in total. The normalized spacial score (nSPS) is 14.8. The lowest BCUT2D eigenvalue weighted by Crippen LogP contribution is -2.37. The predicted molar refractivity (Wildman–Crippen MR) is 255 cm³/mol. The van der Waals surface area contributed by atoms with Crippen LogP contribution in [0.4, 0.5) is 0 Å². The standard InChI is InChI=1S/C44H80NO8P.C6H9NO/c1-6-8-10-12-14-16-18-20-21-22-23-25-27-29-31-33-35-37-44(47)53-42(41-52-54(48,49)51-39-38-45(3,4)5)40-50-43(46)36-34-32-30-28-26-24-19-17-15-13-11-9-7-2;1-2-7-5-3-4-6(7)8/h14,16,20-21,23,25,29,31,42H,6-13,15,17-19,22,24,26-28,30,32-41H2,1-5H3;2H,1,3-5H2/p+1/b16-14-,21-20-,25-23-,31-29-;/t42-;/m1./s1. The van der Waals surface area contributed by atoms with Gasteiger partial charge in [0, 0.05) is 25.8 Å². The van der Waals surface area contributed by atoms with Crippen molar-refractivity contribution < 1.29 is 46.8 Å². The molecule has 1 amide bonds. The minimum Gasteiger partial charge on any atom is -0.462 e. The zero-order chi connectivity index (χ0) is 46.0. The molecule has 0 spiro atoms. The Kier molecular flexibility index (Phi) is 39.1. The molecule has 0 aromatic rings. The van der Waals surface area contributed by atoms with Crippen molar-refractivity contribution in [3.05, 3.63) is 61.4 Å². The lowest BCUT2D eigenvalue weighted by molar-refractivity contribution is -0.870. The molecule has 0 bridgehead atoms. The zero-order valence-corrected chi connectivity index (χ0v) is 40.9. The van der Waals surface area contributed by atoms with E-state index < -0.39 is 26.5 Å². The minimum absolute atomic E-state index is 0.0212. The maximum atomic E-state index is 12.6. The van der Waals surface area contributed by atoms with Gasteiger partial charge in [-0.1, -0.05) is 159 Å². The molecule has 0 saturated carbocycles. The maximum Gasteiger partial charge on any atom is 0.472 e. The number of carbonyl (C=O) groups is 3. The highest BCUT2D eigenvalue weighted by atomic mass is 31.2. The molecule has 1 heterocycles. The molecule has 62 heavy (non-hydrogen) atoms. The molecule has 1 fully saturated rings. The number of esters is 2. The Balaban J connectivity index is 0.00000413. The molecular weight excluding hydrogens is 804 g/mol. The Labute approximate surface area is 378 Å². The molecule has 12 heteroatoms. The van der Waals surface area contributed by atoms with E-state index in [4.69, 9.17) is 18.5 Å². The molecule has 0 aliphatic carbocycles. The first-order valence-electron chi connectivity index (χ1n) is 24.1. The third kappa shape index (κ3) is 41.2. The molecule has 1 rings (SSSR count). The van der Waals surface area contributed by atoms with Crippen molar-refractivity contribution in [2.24, 2.45) is 0 Å². The van der Waals surface area contributed by atoms with Crippen LogP contribution in [0.25, 0.3) is 0 Å². The smallest absolute Gasteiger partial charge is 0.462 e. The number of allylic oxidation sites excluding steroid dienone is 8. The van der Waals surface area contributed by atoms with Gasteiger partial charge in [-0.3, -0.25) is 23.4 Å². The van der Waals surface area contributed by atoms with E-state index in [0.717, 1.165) is 51.5 Å². The maximum absolute atomic E-state index is 12.6. The van der Waals surface area contributed by atoms with Crippen LogP contribution in [0.15, 0.2) is 61.4 Å². The summed E-state index contributed by atoms with van der Waals surface area (Å²) >= 11 is 0. The van der Waals surface area contributed by atoms with E-state index in [2.05, 4.69) is 63.0 Å². The number of amides is 1. The number of hydrogen-bond acceptors (Lipinski definition) is 8. The Morgan fingerprint density at radius 2 is 1.18 bits per heavy atom. The van der Waals surface area contributed by atoms with Crippen LogP contribution in [0.3, 0.4) is 0 Å². The van der Waals surface area contributed by atoms with Crippen molar-refractivity contribution in [2.75, 3.05) is 54.1 Å². The van der Waals surface area contributed by atoms with Crippen LogP contribution in [-0.2, 0) is 37.5 Å². The molecule has 0 aromatic carbocycles. The number of phosphoric ester groups is 1. The third-order valence-corrected chi connectivity index (χ3v) is 11.2. The fraction of sp³-hybridized carbons (Fsp3) is 0.740. The first kappa shape index (κ1) is 59.2. The fourth-order valence-electron chi connectivity index (χ4n) is 6.34. The predicted octanol–water partition coefficient (Wildman–Crippen LogP) is 12.7. The topological polar surface area (TPSA) is 129 Å². The summed E-state index contributed by atoms with van der Waals surface area (Å²) in [5.41, 5.74) is 0. The van der Waals surface area contributed by atoms with Crippen molar-refractivity contribution in [1.29, 1.82) is 0 Å². The second-order valence-corrected chi connectivity index (χ2v) is 18.7. The van der Waals surface area contributed by atoms with Crippen LogP contribution in [0, 0.1) is 0 Å². The second kappa shape index (κ2) is 40.9. The van der Waals surface area contributed by atoms with E-state index in [0.29, 0.717) is 30.3 Å². The zero-order valence-electron chi connectivity index (χ0n) is 40.0. The van der Waals surface area contributed by atoms with Crippen molar-refractivity contribution in [1.82, 2.24) is 4.90 Å². The number of ether oxygens (including phenoxy) is 2. The van der Waals surface area contributed by atoms with Crippen molar-refractivity contribution >= 4 is 25.7 Å². The van der Waals surface area contributed by atoms with Crippen molar-refractivity contribution in [3.8, 4) is 0 Å². The van der Waals surface area contributed by atoms with Crippen LogP contribution in [0.5, 0.6) is 0 Å². The second-order valence-electron chi connectivity index (χ2n) is 17.3. The molecule has 1 N–H and O–H groups in total. The van der Waals surface area contributed by atoms with Crippen molar-refractivity contribution in [2.45, 2.75) is 187 Å². The monoisotopic (exact) mass is 894 g/mol. The highest BCUT2D eigenvalue weighted by Gasteiger charge is 2.27. The molecule has 0 aromatic heterocycles. The van der Waals surface area contributed by atoms with Gasteiger partial charge in [-0.2, -0.15) is 0 Å². The van der Waals surface area contributed by atoms with Gasteiger partial charge < -0.3 is 23.8 Å². The summed E-state index contributed by atoms with van der Waals surface area (Å²) in [5, 5.41) is 0. The highest BCUT2D eigenvalue weighted by molar-refractivity contribution is 7.47. The molecule has 358 valence electrons. The van der Waals surface area contributed by atoms with Crippen LogP contribution < -0.4 is 0 Å². The lowest BCUT2D eigenvalue weighted by atomic mass is 10.0. The number of rotatable bonds is 39. The van der Waals surface area contributed by atoms with Gasteiger partial charge in [-0.15, -0.1) is 0 Å². The Bertz CT molecular complexity index is 1310. The number of nitrogens with zero attached hydrogens (tertiary/aromatic N) is 2. The summed E-state index contributed by atoms with van der Waals surface area (Å²) in [6, 6.07) is 0. The summed E-state index contributed by atoms with van der Waals surface area (Å²) in [5.74, 6) is -0.656. The molecule has 2 atom stereocenters. The largest absolute Gasteiger partial charge is 0.472 e. The van der Waals surface area contributed by atoms with Crippen molar-refractivity contribution in [3.63, 3.8) is 0 Å². The third-order valence-electron chi connectivity index (χ3n) is 10.2. The quantitative estimate of drug-likeness (QED) is 0.0211. The molecule has 1 aliphatic heterocycles. The lowest BCUT2D eigenvalue weighted by Gasteiger charge is -2.24. The van der Waals surface area contributed by atoms with Gasteiger partial charge >= 0.3 is 19.8 Å². The number of likely N-dealkylation sites (N-methyl/N-ethyl adjacent to an activating group) is 1. The first-order valence-corrected chi connectivity index (χ1v) is 25.6. The number of quaternary nitrogens is 1. The van der Waals surface area contributed by atoms with Gasteiger partial charge in [-0.05, 0) is 64.0 Å². The van der Waals surface area contributed by atoms with Gasteiger partial charge in [-0.25, -0.2) is 4.57 Å². The number of unbranched alkanes of at least 4 members (excludes halogenated alkanes) is 16. The summed E-state index contributed by atoms with van der Waals surface area (Å²) in [6.45, 7) is 8.68. The fourth-order valence-corrected chi connectivity index (χ4v) is 7.08. The van der Waals surface area contributed by atoms with Gasteiger partial charge in [0.15, 0.2) is 6.10 Å². The average molecular weight is 894 g/mol. The van der Waals surface area contributed by atoms with E-state index >= 15 is 0 Å². The number of hydrogen-bond donors (Lipinski definition) is 1. The number of likely N-dealkylation sites (tertiary alicyclic amines) is 1. The molecular formula is C50H90N2O9P+. The number of carbonyl (C=O) groups excluding carboxylic acids is 3. The minimum atomic E-state index is -4.39. The number of phosphoric acid groups is 1. The van der Waals surface area contributed by atoms with Crippen LogP contribution >= 0.6 is 7.82 Å². The van der Waals surface area contributed by atoms with Gasteiger partial charge in [0.2, 0.25) is 5.91 Å². The first-order chi connectivity index (χ1) is 29.8. The molecule has 1 saturated heterocycles. The van der Waals surface area contributed by atoms with Crippen LogP contribution in [0.1, 0.15) is 181 Å².